The predicted octanol–water partition coefficient (Wildman–Crippen LogP) is -6.91. The molecule has 7 rings (SSSR count). The largest absolute Gasteiger partial charge is 0.508 e. The Kier molecular flexibility index (Phi) is 48.2. The number of para-hydroxylation sites is 1. The number of imidazole rings is 1. The van der Waals surface area contributed by atoms with Crippen molar-refractivity contribution >= 4 is 160 Å². The lowest BCUT2D eigenvalue weighted by Gasteiger charge is -2.30. The fourth-order valence-corrected chi connectivity index (χ4v) is 16.4. The number of carbonyl (C=O) groups is 20. The SMILES string of the molecule is CC(C)[C@@H]1NC(=O)[C@H](CS)NC(=O)[C@H](Cc2ccc(O)cc2)NC(=O)[C@H](CCCCN)NC(=O)[C@H](Cc2c[nH]c3ccccc23)NC(=O)[C@H](Cc2ccccc2)NC(=O)[C@H](CS)NC(=O)[C@H](CCC(=O)O)NC(=O)[C@@H]2CCCN2C(=O)[C@H](C)NC(=O)[C@H]([C@@H](C)O)NC(=O)CNC(=O)[C@H](Cc2cnc[nH]2)NC(=O)[C@H](CCC(N)=O)NC(=O)[C@H](CCCCN)NC(=O)[C@H](CCCNC(=N)N)NC(=O)[C@H](CCC(N)=O)NC1=O. The summed E-state index contributed by atoms with van der Waals surface area (Å²) in [6, 6.07) is -5.91. The number of H-pyrrole nitrogens is 2. The fourth-order valence-electron chi connectivity index (χ4n) is 15.9. The number of unbranched alkanes of at least 4 members (excludes halogenated alkanes) is 2. The van der Waals surface area contributed by atoms with E-state index in [0.29, 0.717) is 27.6 Å². The van der Waals surface area contributed by atoms with Crippen LogP contribution in [0.5, 0.6) is 5.75 Å². The van der Waals surface area contributed by atoms with E-state index >= 15 is 19.2 Å². The van der Waals surface area contributed by atoms with Crippen LogP contribution in [0.3, 0.4) is 0 Å². The molecule has 0 unspecified atom stereocenters. The van der Waals surface area contributed by atoms with Gasteiger partial charge in [0.05, 0.1) is 19.0 Å². The Labute approximate surface area is 846 Å². The topological polar surface area (TPSA) is 808 Å². The molecule has 4 heterocycles. The monoisotopic (exact) mass is 2060 g/mol. The van der Waals surface area contributed by atoms with Crippen molar-refractivity contribution in [3.63, 3.8) is 0 Å². The smallest absolute Gasteiger partial charge is 0.303 e. The van der Waals surface area contributed by atoms with Crippen LogP contribution in [-0.2, 0) is 122 Å². The number of nitrogens with two attached hydrogens (primary N) is 5. The maximum absolute atomic E-state index is 15.5. The fraction of sp³-hybridized carbons (Fsp3) is 0.527. The van der Waals surface area contributed by atoms with Gasteiger partial charge in [0.1, 0.15) is 102 Å². The van der Waals surface area contributed by atoms with E-state index in [2.05, 4.69) is 131 Å². The van der Waals surface area contributed by atoms with E-state index in [0.717, 1.165) is 11.8 Å². The van der Waals surface area contributed by atoms with Crippen LogP contribution in [0.4, 0.5) is 0 Å². The number of guanidine groups is 1. The second-order valence-electron chi connectivity index (χ2n) is 35.7. The average molecular weight is 2060 g/mol. The van der Waals surface area contributed by atoms with Gasteiger partial charge in [-0.3, -0.25) is 101 Å². The van der Waals surface area contributed by atoms with Gasteiger partial charge in [0.2, 0.25) is 112 Å². The quantitative estimate of drug-likeness (QED) is 0.00803. The lowest BCUT2D eigenvalue weighted by molar-refractivity contribution is -0.143. The van der Waals surface area contributed by atoms with E-state index in [9.17, 15) is 92.0 Å². The second-order valence-corrected chi connectivity index (χ2v) is 36.4. The molecule has 2 aliphatic rings. The van der Waals surface area contributed by atoms with E-state index < -0.39 is 296 Å². The van der Waals surface area contributed by atoms with Gasteiger partial charge in [0, 0.05) is 98.5 Å². The molecule has 0 bridgehead atoms. The van der Waals surface area contributed by atoms with Crippen molar-refractivity contribution in [2.24, 2.45) is 34.6 Å². The molecule has 52 heteroatoms. The number of nitrogens with one attached hydrogen (secondary N) is 20. The molecule has 2 aromatic heterocycles. The number of phenolic OH excluding ortho intramolecular Hbond substituents is 1. The molecule has 145 heavy (non-hydrogen) atoms. The standard InChI is InChI=1S/C93H135N27O23S2/c1-48(2)75-90(141)111-62(29-32-72(97)124)81(132)107-60(22-14-36-101-93(98)99)79(130)106-58(20-10-12-34-94)78(129)109-61(28-31-71(96)123)82(133)115-67(41-54-43-100-47-104-54)77(128)103-44-73(125)118-76(50(4)121)91(142)105-49(3)92(143)120-37-15-23-70(120)89(140)110-63(30-33-74(126)127)83(134)116-68(45-144)87(138)113-64(38-51-16-6-5-7-17-51)84(135)114-66(40-53-42-102-57-19-9-8-18-56(53)57)86(137)108-59(21-11-13-35-95)80(131)112-65(39-52-24-26-55(122)27-25-52)85(136)117-69(46-145)88(139)119-75/h5-9,16-19,24-27,42-43,47-50,58-70,75-76,102,121-122,144-145H,10-15,20-23,28-41,44-46,94-95H2,1-4H3,(H2,96,123)(H2,97,124)(H,100,104)(H,103,128)(H,105,142)(H,106,130)(H,107,132)(H,108,137)(H,109,129)(H,110,140)(H,111,141)(H,112,131)(H,113,138)(H,114,135)(H,115,133)(H,116,134)(H,117,136)(H,118,125)(H,119,139)(H,126,127)(H4,98,99,101)/t49-,50+,58-,59-,60-,61-,62-,63-,64-,65-,66-,67-,68-,69-,70-,75-,76-/m0/s1. The first-order chi connectivity index (χ1) is 69.0. The number of carboxylic acids is 1. The van der Waals surface area contributed by atoms with Gasteiger partial charge < -0.3 is 149 Å². The van der Waals surface area contributed by atoms with Crippen molar-refractivity contribution in [1.82, 2.24) is 110 Å². The van der Waals surface area contributed by atoms with Crippen LogP contribution in [0.1, 0.15) is 153 Å². The molecule has 5 aromatic rings. The van der Waals surface area contributed by atoms with Crippen molar-refractivity contribution in [3.8, 4) is 5.75 Å². The van der Waals surface area contributed by atoms with Gasteiger partial charge in [-0.25, -0.2) is 4.98 Å². The maximum Gasteiger partial charge on any atom is 0.303 e. The van der Waals surface area contributed by atoms with Gasteiger partial charge in [0.25, 0.3) is 0 Å². The number of amides is 19. The number of carbonyl (C=O) groups excluding carboxylic acids is 19. The Hall–Kier alpha value is -14.5. The van der Waals surface area contributed by atoms with Gasteiger partial charge in [-0.2, -0.15) is 25.3 Å². The average Bonchev–Trinajstić information content (AvgIpc) is 1.71. The molecule has 2 fully saturated rings. The number of hydrogen-bond donors (Lipinski definition) is 30. The summed E-state index contributed by atoms with van der Waals surface area (Å²) in [7, 11) is 0. The molecule has 0 radical (unpaired) electrons. The third-order valence-corrected chi connectivity index (χ3v) is 24.6. The van der Waals surface area contributed by atoms with Crippen LogP contribution in [0.25, 0.3) is 10.9 Å². The number of thiol groups is 2. The van der Waals surface area contributed by atoms with Gasteiger partial charge in [-0.15, -0.1) is 0 Å². The number of hydrogen-bond acceptors (Lipinski definition) is 28. The highest BCUT2D eigenvalue weighted by atomic mass is 32.1. The number of primary amides is 2. The first kappa shape index (κ1) is 117. The lowest BCUT2D eigenvalue weighted by atomic mass is 10.0. The molecule has 19 amide bonds. The third-order valence-electron chi connectivity index (χ3n) is 23.9. The molecule has 17 atom stereocenters. The summed E-state index contributed by atoms with van der Waals surface area (Å²) >= 11 is 8.78. The van der Waals surface area contributed by atoms with Crippen molar-refractivity contribution in [2.45, 2.75) is 259 Å². The normalized spacial score (nSPS) is 24.3. The Morgan fingerprint density at radius 1 is 0.469 bits per heavy atom. The number of aliphatic hydroxyl groups excluding tert-OH is 1. The minimum absolute atomic E-state index is 0.0452. The number of carboxylic acid groups (broad SMARTS) is 1. The Bertz CT molecular complexity index is 5310. The minimum Gasteiger partial charge on any atom is -0.508 e. The van der Waals surface area contributed by atoms with Crippen molar-refractivity contribution in [2.75, 3.05) is 44.2 Å². The highest BCUT2D eigenvalue weighted by Crippen LogP contribution is 2.24. The summed E-state index contributed by atoms with van der Waals surface area (Å²) in [4.78, 5) is 299. The number of rotatable bonds is 33. The Balaban J connectivity index is 1.29. The zero-order chi connectivity index (χ0) is 107. The van der Waals surface area contributed by atoms with Crippen molar-refractivity contribution < 1.29 is 111 Å². The molecule has 0 aliphatic carbocycles. The predicted molar refractivity (Wildman–Crippen MR) is 532 cm³/mol. The number of nitrogens with zero attached hydrogens (tertiary/aromatic N) is 2. The van der Waals surface area contributed by atoms with Crippen LogP contribution >= 0.6 is 25.3 Å². The summed E-state index contributed by atoms with van der Waals surface area (Å²) in [5.74, 6) is -23.9. The zero-order valence-electron chi connectivity index (χ0n) is 80.9. The lowest BCUT2D eigenvalue weighted by Crippen LogP contribution is -2.62. The second kappa shape index (κ2) is 59.5. The van der Waals surface area contributed by atoms with Gasteiger partial charge in [0.15, 0.2) is 5.96 Å². The summed E-state index contributed by atoms with van der Waals surface area (Å²) < 4.78 is 0. The highest BCUT2D eigenvalue weighted by molar-refractivity contribution is 7.80. The van der Waals surface area contributed by atoms with Gasteiger partial charge in [-0.05, 0) is 151 Å². The zero-order valence-corrected chi connectivity index (χ0v) is 82.7. The van der Waals surface area contributed by atoms with Crippen LogP contribution in [-0.4, -0.2) is 306 Å². The summed E-state index contributed by atoms with van der Waals surface area (Å²) in [6.45, 7) is 4.33. The molecule has 33 N–H and O–H groups in total. The van der Waals surface area contributed by atoms with E-state index in [1.54, 1.807) is 60.8 Å². The molecular weight excluding hydrogens is 1930 g/mol. The molecule has 50 nitrogen and oxygen atoms in total. The molecule has 2 saturated heterocycles. The molecule has 3 aromatic carbocycles. The number of fused-ring (bicyclic) bond motifs is 2. The van der Waals surface area contributed by atoms with Crippen LogP contribution < -0.4 is 119 Å². The van der Waals surface area contributed by atoms with E-state index in [-0.39, 0.29) is 121 Å². The van der Waals surface area contributed by atoms with Gasteiger partial charge in [-0.1, -0.05) is 74.5 Å². The number of aromatic hydroxyl groups is 1. The first-order valence-electron chi connectivity index (χ1n) is 47.6. The molecule has 792 valence electrons. The third kappa shape index (κ3) is 38.6. The number of aromatic nitrogens is 3. The van der Waals surface area contributed by atoms with Crippen molar-refractivity contribution in [1.29, 1.82) is 5.41 Å². The number of benzene rings is 3. The summed E-state index contributed by atoms with van der Waals surface area (Å²) in [6.07, 6.45) is -2.40. The summed E-state index contributed by atoms with van der Waals surface area (Å²) in [5, 5.41) is 82.9. The number of aromatic amines is 2. The molecule has 2 aliphatic heterocycles. The van der Waals surface area contributed by atoms with E-state index in [1.165, 1.54) is 57.6 Å². The Morgan fingerprint density at radius 2 is 0.890 bits per heavy atom. The van der Waals surface area contributed by atoms with Crippen molar-refractivity contribution in [3.05, 3.63) is 120 Å². The minimum atomic E-state index is -1.87. The number of aliphatic carboxylic acids is 1. The first-order valence-corrected chi connectivity index (χ1v) is 48.9. The maximum atomic E-state index is 15.5. The molecule has 0 spiro atoms. The highest BCUT2D eigenvalue weighted by Gasteiger charge is 2.43. The molecule has 0 saturated carbocycles. The number of aliphatic hydroxyl groups is 1. The van der Waals surface area contributed by atoms with E-state index in [4.69, 9.17) is 34.1 Å². The number of phenols is 1. The van der Waals surface area contributed by atoms with Crippen LogP contribution in [0.15, 0.2) is 97.6 Å². The Morgan fingerprint density at radius 3 is 1.36 bits per heavy atom. The summed E-state index contributed by atoms with van der Waals surface area (Å²) in [5.41, 5.74) is 30.7. The molecular formula is C93H135N27O23S2. The van der Waals surface area contributed by atoms with E-state index in [1.807, 2.05) is 0 Å². The van der Waals surface area contributed by atoms with Crippen LogP contribution in [0.2, 0.25) is 0 Å². The van der Waals surface area contributed by atoms with Crippen LogP contribution in [0, 0.1) is 11.3 Å². The van der Waals surface area contributed by atoms with Gasteiger partial charge >= 0.3 is 5.97 Å².